The van der Waals surface area contributed by atoms with Crippen LogP contribution in [0, 0.1) is 0 Å². The van der Waals surface area contributed by atoms with Crippen LogP contribution in [0.2, 0.25) is 0 Å². The third kappa shape index (κ3) is 2.92. The molecule has 140 valence electrons. The van der Waals surface area contributed by atoms with E-state index in [1.165, 1.54) is 0 Å². The highest BCUT2D eigenvalue weighted by molar-refractivity contribution is 5.84. The fourth-order valence-electron chi connectivity index (χ4n) is 3.72. The van der Waals surface area contributed by atoms with Crippen LogP contribution in [-0.4, -0.2) is 62.0 Å². The van der Waals surface area contributed by atoms with Crippen LogP contribution in [0.5, 0.6) is 6.01 Å². The summed E-state index contributed by atoms with van der Waals surface area (Å²) in [5.41, 5.74) is 1.34. The molecule has 0 amide bonds. The molecule has 1 unspecified atom stereocenters. The minimum absolute atomic E-state index is 0.192. The molecule has 1 aliphatic heterocycles. The first-order valence-electron chi connectivity index (χ1n) is 9.52. The molecule has 1 saturated heterocycles. The maximum absolute atomic E-state index is 11.4. The molecular formula is C18H26N6O2. The molecule has 1 N–H and O–H groups in total. The van der Waals surface area contributed by atoms with Gasteiger partial charge < -0.3 is 14.8 Å². The average molecular weight is 358 g/mol. The van der Waals surface area contributed by atoms with Crippen LogP contribution in [0.3, 0.4) is 0 Å². The fraction of sp³-hybridized carbons (Fsp3) is 0.667. The van der Waals surface area contributed by atoms with E-state index in [4.69, 9.17) is 4.74 Å². The van der Waals surface area contributed by atoms with E-state index in [0.29, 0.717) is 12.6 Å². The Morgan fingerprint density at radius 1 is 1.38 bits per heavy atom. The molecule has 2 aromatic rings. The highest BCUT2D eigenvalue weighted by Crippen LogP contribution is 2.41. The van der Waals surface area contributed by atoms with Gasteiger partial charge in [-0.25, -0.2) is 9.97 Å². The lowest BCUT2D eigenvalue weighted by molar-refractivity contribution is -0.113. The molecule has 1 aliphatic carbocycles. The number of nitrogens with one attached hydrogen (secondary N) is 1. The zero-order valence-corrected chi connectivity index (χ0v) is 15.4. The summed E-state index contributed by atoms with van der Waals surface area (Å²) in [5, 5.41) is 3.52. The Balaban J connectivity index is 1.55. The van der Waals surface area contributed by atoms with Crippen LogP contribution >= 0.6 is 0 Å². The largest absolute Gasteiger partial charge is 0.465 e. The molecule has 8 heteroatoms. The van der Waals surface area contributed by atoms with Gasteiger partial charge in [0.1, 0.15) is 12.6 Å². The van der Waals surface area contributed by atoms with E-state index in [-0.39, 0.29) is 11.6 Å². The number of aryl methyl sites for hydroxylation is 1. The number of hydrogen-bond donors (Lipinski definition) is 1. The molecule has 2 aromatic heterocycles. The van der Waals surface area contributed by atoms with Crippen molar-refractivity contribution in [3.8, 4) is 6.01 Å². The van der Waals surface area contributed by atoms with Crippen molar-refractivity contribution < 1.29 is 9.53 Å². The molecule has 0 aromatic carbocycles. The molecular weight excluding hydrogens is 332 g/mol. The minimum atomic E-state index is -0.192. The number of carbonyl (C=O) groups excluding carboxylic acids is 1. The molecule has 2 aliphatic rings. The number of rotatable bonds is 8. The van der Waals surface area contributed by atoms with E-state index in [1.54, 1.807) is 6.33 Å². The summed E-state index contributed by atoms with van der Waals surface area (Å²) in [6.45, 7) is 7.30. The number of fused-ring (bicyclic) bond motifs is 1. The van der Waals surface area contributed by atoms with E-state index in [9.17, 15) is 4.79 Å². The molecule has 26 heavy (non-hydrogen) atoms. The van der Waals surface area contributed by atoms with Crippen LogP contribution < -0.4 is 10.1 Å². The highest BCUT2D eigenvalue weighted by atomic mass is 16.5. The van der Waals surface area contributed by atoms with E-state index < -0.39 is 0 Å². The summed E-state index contributed by atoms with van der Waals surface area (Å²) in [5.74, 6) is 0.742. The van der Waals surface area contributed by atoms with Crippen molar-refractivity contribution in [1.82, 2.24) is 24.4 Å². The number of ether oxygens (including phenoxy) is 1. The van der Waals surface area contributed by atoms with Crippen LogP contribution in [0.4, 0.5) is 5.82 Å². The smallest absolute Gasteiger partial charge is 0.298 e. The number of likely N-dealkylation sites (tertiary alicyclic amines) is 1. The molecule has 0 spiro atoms. The predicted octanol–water partition coefficient (Wildman–Crippen LogP) is 1.85. The Morgan fingerprint density at radius 3 is 2.92 bits per heavy atom. The predicted molar refractivity (Wildman–Crippen MR) is 98.4 cm³/mol. The standard InChI is InChI=1S/C18H26N6O2/c1-3-9-26-17-22-14-15(19-12-20-16(14)24(17)4-2)21-13-5-8-23(10-13)18(11-25)6-7-18/h11-13H,3-10H2,1-2H3,(H,19,20,21). The van der Waals surface area contributed by atoms with Crippen molar-refractivity contribution in [2.45, 2.75) is 57.7 Å². The first-order chi connectivity index (χ1) is 12.7. The summed E-state index contributed by atoms with van der Waals surface area (Å²) in [7, 11) is 0. The number of aldehydes is 1. The van der Waals surface area contributed by atoms with Gasteiger partial charge in [-0.3, -0.25) is 9.47 Å². The van der Waals surface area contributed by atoms with Crippen molar-refractivity contribution in [1.29, 1.82) is 0 Å². The van der Waals surface area contributed by atoms with Gasteiger partial charge in [0, 0.05) is 25.7 Å². The Morgan fingerprint density at radius 2 is 2.23 bits per heavy atom. The second-order valence-electron chi connectivity index (χ2n) is 7.18. The molecule has 3 heterocycles. The summed E-state index contributed by atoms with van der Waals surface area (Å²) >= 11 is 0. The zero-order valence-electron chi connectivity index (χ0n) is 15.4. The lowest BCUT2D eigenvalue weighted by atomic mass is 10.2. The summed E-state index contributed by atoms with van der Waals surface area (Å²) in [6, 6.07) is 0.858. The summed E-state index contributed by atoms with van der Waals surface area (Å²) in [4.78, 5) is 27.1. The third-order valence-corrected chi connectivity index (χ3v) is 5.39. The number of carbonyl (C=O) groups is 1. The van der Waals surface area contributed by atoms with Gasteiger partial charge in [0.2, 0.25) is 0 Å². The van der Waals surface area contributed by atoms with Crippen molar-refractivity contribution in [3.05, 3.63) is 6.33 Å². The van der Waals surface area contributed by atoms with Crippen LogP contribution in [-0.2, 0) is 11.3 Å². The average Bonchev–Trinajstić information content (AvgIpc) is 3.17. The van der Waals surface area contributed by atoms with E-state index in [2.05, 4.69) is 39.0 Å². The van der Waals surface area contributed by atoms with Crippen molar-refractivity contribution in [2.24, 2.45) is 0 Å². The van der Waals surface area contributed by atoms with Crippen molar-refractivity contribution in [2.75, 3.05) is 25.0 Å². The molecule has 1 saturated carbocycles. The fourth-order valence-corrected chi connectivity index (χ4v) is 3.72. The quantitative estimate of drug-likeness (QED) is 0.721. The molecule has 0 radical (unpaired) electrons. The minimum Gasteiger partial charge on any atom is -0.465 e. The van der Waals surface area contributed by atoms with Crippen molar-refractivity contribution in [3.63, 3.8) is 0 Å². The van der Waals surface area contributed by atoms with Gasteiger partial charge in [-0.2, -0.15) is 4.98 Å². The van der Waals surface area contributed by atoms with Crippen LogP contribution in [0.1, 0.15) is 39.5 Å². The normalized spacial score (nSPS) is 21.8. The van der Waals surface area contributed by atoms with Gasteiger partial charge in [-0.1, -0.05) is 6.92 Å². The summed E-state index contributed by atoms with van der Waals surface area (Å²) < 4.78 is 7.76. The number of imidazole rings is 1. The number of anilines is 1. The Hall–Kier alpha value is -2.22. The third-order valence-electron chi connectivity index (χ3n) is 5.39. The van der Waals surface area contributed by atoms with Crippen molar-refractivity contribution >= 4 is 23.3 Å². The Kier molecular flexibility index (Phi) is 4.52. The number of aromatic nitrogens is 4. The van der Waals surface area contributed by atoms with Gasteiger partial charge in [-0.05, 0) is 32.6 Å². The lowest BCUT2D eigenvalue weighted by Gasteiger charge is -2.22. The first-order valence-corrected chi connectivity index (χ1v) is 9.52. The molecule has 1 atom stereocenters. The summed E-state index contributed by atoms with van der Waals surface area (Å²) in [6.07, 6.45) is 6.59. The van der Waals surface area contributed by atoms with Gasteiger partial charge in [-0.15, -0.1) is 0 Å². The molecule has 0 bridgehead atoms. The highest BCUT2D eigenvalue weighted by Gasteiger charge is 2.50. The topological polar surface area (TPSA) is 85.2 Å². The number of nitrogens with zero attached hydrogens (tertiary/aromatic N) is 5. The van der Waals surface area contributed by atoms with Gasteiger partial charge in [0.25, 0.3) is 6.01 Å². The van der Waals surface area contributed by atoms with Crippen LogP contribution in [0.25, 0.3) is 11.2 Å². The molecule has 8 nitrogen and oxygen atoms in total. The van der Waals surface area contributed by atoms with E-state index >= 15 is 0 Å². The maximum atomic E-state index is 11.4. The molecule has 2 fully saturated rings. The second kappa shape index (κ2) is 6.83. The van der Waals surface area contributed by atoms with Gasteiger partial charge in [0.15, 0.2) is 17.0 Å². The van der Waals surface area contributed by atoms with Gasteiger partial charge in [0.05, 0.1) is 12.1 Å². The Labute approximate surface area is 153 Å². The zero-order chi connectivity index (χ0) is 18.1. The Bertz CT molecular complexity index is 800. The van der Waals surface area contributed by atoms with Crippen LogP contribution in [0.15, 0.2) is 6.33 Å². The van der Waals surface area contributed by atoms with E-state index in [0.717, 1.165) is 68.6 Å². The number of hydrogen-bond acceptors (Lipinski definition) is 7. The monoisotopic (exact) mass is 358 g/mol. The lowest BCUT2D eigenvalue weighted by Crippen LogP contribution is -2.38. The first kappa shape index (κ1) is 17.2. The SMILES string of the molecule is CCCOc1nc2c(NC3CCN(C4(C=O)CC4)C3)ncnc2n1CC. The maximum Gasteiger partial charge on any atom is 0.298 e. The van der Waals surface area contributed by atoms with E-state index in [1.807, 2.05) is 4.57 Å². The molecule has 4 rings (SSSR count). The second-order valence-corrected chi connectivity index (χ2v) is 7.18. The van der Waals surface area contributed by atoms with Gasteiger partial charge >= 0.3 is 0 Å².